The van der Waals surface area contributed by atoms with E-state index in [-0.39, 0.29) is 17.2 Å². The average Bonchev–Trinajstić information content (AvgIpc) is 2.71. The van der Waals surface area contributed by atoms with Gasteiger partial charge in [-0.1, -0.05) is 35.2 Å². The molecule has 1 saturated carbocycles. The molecule has 1 fully saturated rings. The SMILES string of the molecule is O=c1c2cc(Br)ccc2nc(C2CCCCC2)n1N=Cc1ccc(O)c(Br)c1. The van der Waals surface area contributed by atoms with Crippen molar-refractivity contribution in [3.8, 4) is 5.75 Å². The van der Waals surface area contributed by atoms with Crippen LogP contribution in [-0.4, -0.2) is 21.0 Å². The highest BCUT2D eigenvalue weighted by Crippen LogP contribution is 2.32. The molecule has 0 bridgehead atoms. The van der Waals surface area contributed by atoms with Crippen LogP contribution in [0.3, 0.4) is 0 Å². The lowest BCUT2D eigenvalue weighted by atomic mass is 9.88. The third-order valence-corrected chi connectivity index (χ3v) is 6.23. The average molecular weight is 505 g/mol. The van der Waals surface area contributed by atoms with Gasteiger partial charge < -0.3 is 5.11 Å². The number of phenolic OH excluding ortho intramolecular Hbond substituents is 1. The third kappa shape index (κ3) is 3.91. The van der Waals surface area contributed by atoms with Crippen LogP contribution in [0.15, 0.2) is 55.2 Å². The maximum absolute atomic E-state index is 13.2. The quantitative estimate of drug-likeness (QED) is 0.475. The van der Waals surface area contributed by atoms with Gasteiger partial charge >= 0.3 is 0 Å². The number of aromatic nitrogens is 2. The van der Waals surface area contributed by atoms with Crippen molar-refractivity contribution in [1.82, 2.24) is 9.66 Å². The molecule has 0 spiro atoms. The number of hydrogen-bond donors (Lipinski definition) is 1. The normalized spacial score (nSPS) is 15.5. The van der Waals surface area contributed by atoms with E-state index in [4.69, 9.17) is 4.98 Å². The fourth-order valence-electron chi connectivity index (χ4n) is 3.63. The van der Waals surface area contributed by atoms with Gasteiger partial charge in [0.05, 0.1) is 21.6 Å². The summed E-state index contributed by atoms with van der Waals surface area (Å²) in [7, 11) is 0. The molecule has 2 aromatic carbocycles. The van der Waals surface area contributed by atoms with Crippen molar-refractivity contribution in [2.45, 2.75) is 38.0 Å². The number of aromatic hydroxyl groups is 1. The fourth-order valence-corrected chi connectivity index (χ4v) is 4.39. The van der Waals surface area contributed by atoms with Crippen LogP contribution in [0.2, 0.25) is 0 Å². The molecule has 3 aromatic rings. The van der Waals surface area contributed by atoms with E-state index >= 15 is 0 Å². The van der Waals surface area contributed by atoms with Gasteiger partial charge in [0.15, 0.2) is 0 Å². The van der Waals surface area contributed by atoms with Gasteiger partial charge in [-0.25, -0.2) is 4.98 Å². The van der Waals surface area contributed by atoms with Gasteiger partial charge in [-0.2, -0.15) is 9.78 Å². The monoisotopic (exact) mass is 503 g/mol. The van der Waals surface area contributed by atoms with E-state index in [1.807, 2.05) is 12.1 Å². The van der Waals surface area contributed by atoms with Gasteiger partial charge in [0.1, 0.15) is 11.6 Å². The second-order valence-electron chi connectivity index (χ2n) is 7.04. The van der Waals surface area contributed by atoms with E-state index < -0.39 is 0 Å². The Kier molecular flexibility index (Phi) is 5.64. The number of rotatable bonds is 3. The molecule has 28 heavy (non-hydrogen) atoms. The number of nitrogens with zero attached hydrogens (tertiary/aromatic N) is 3. The Bertz CT molecular complexity index is 1120. The number of halogens is 2. The Morgan fingerprint density at radius 1 is 1.11 bits per heavy atom. The van der Waals surface area contributed by atoms with Gasteiger partial charge in [-0.05, 0) is 70.7 Å². The number of fused-ring (bicyclic) bond motifs is 1. The van der Waals surface area contributed by atoms with Gasteiger partial charge in [-0.3, -0.25) is 4.79 Å². The lowest BCUT2D eigenvalue weighted by Crippen LogP contribution is -2.25. The first-order chi connectivity index (χ1) is 13.5. The maximum atomic E-state index is 13.2. The van der Waals surface area contributed by atoms with E-state index in [1.165, 1.54) is 11.1 Å². The molecule has 1 aliphatic rings. The van der Waals surface area contributed by atoms with Gasteiger partial charge in [0, 0.05) is 10.4 Å². The van der Waals surface area contributed by atoms with Gasteiger partial charge in [-0.15, -0.1) is 0 Å². The van der Waals surface area contributed by atoms with Crippen LogP contribution in [0.25, 0.3) is 10.9 Å². The summed E-state index contributed by atoms with van der Waals surface area (Å²) in [5, 5.41) is 14.7. The third-order valence-electron chi connectivity index (χ3n) is 5.10. The summed E-state index contributed by atoms with van der Waals surface area (Å²) >= 11 is 6.74. The Hall–Kier alpha value is -1.99. The first-order valence-electron chi connectivity index (χ1n) is 9.28. The summed E-state index contributed by atoms with van der Waals surface area (Å²) in [6.45, 7) is 0. The van der Waals surface area contributed by atoms with Gasteiger partial charge in [0.2, 0.25) is 0 Å². The number of benzene rings is 2. The minimum absolute atomic E-state index is 0.162. The van der Waals surface area contributed by atoms with Crippen LogP contribution in [0.5, 0.6) is 5.75 Å². The highest BCUT2D eigenvalue weighted by Gasteiger charge is 2.22. The van der Waals surface area contributed by atoms with Crippen molar-refractivity contribution in [3.05, 3.63) is 67.1 Å². The van der Waals surface area contributed by atoms with E-state index in [0.29, 0.717) is 15.4 Å². The molecule has 1 aliphatic carbocycles. The molecule has 5 nitrogen and oxygen atoms in total. The molecule has 0 unspecified atom stereocenters. The van der Waals surface area contributed by atoms with Crippen LogP contribution >= 0.6 is 31.9 Å². The van der Waals surface area contributed by atoms with Crippen LogP contribution in [0.1, 0.15) is 49.4 Å². The summed E-state index contributed by atoms with van der Waals surface area (Å²) < 4.78 is 2.87. The predicted octanol–water partition coefficient (Wildman–Crippen LogP) is 5.56. The summed E-state index contributed by atoms with van der Waals surface area (Å²) in [5.74, 6) is 1.13. The highest BCUT2D eigenvalue weighted by molar-refractivity contribution is 9.10. The maximum Gasteiger partial charge on any atom is 0.282 e. The van der Waals surface area contributed by atoms with Crippen molar-refractivity contribution in [1.29, 1.82) is 0 Å². The molecular weight excluding hydrogens is 486 g/mol. The number of hydrogen-bond acceptors (Lipinski definition) is 4. The zero-order valence-corrected chi connectivity index (χ0v) is 18.3. The molecule has 0 saturated heterocycles. The molecule has 7 heteroatoms. The second kappa shape index (κ2) is 8.17. The molecule has 0 amide bonds. The molecule has 144 valence electrons. The lowest BCUT2D eigenvalue weighted by Gasteiger charge is -2.22. The molecule has 0 radical (unpaired) electrons. The summed E-state index contributed by atoms with van der Waals surface area (Å²) in [5.41, 5.74) is 1.31. The Morgan fingerprint density at radius 2 is 1.89 bits per heavy atom. The van der Waals surface area contributed by atoms with Crippen LogP contribution < -0.4 is 5.56 Å². The van der Waals surface area contributed by atoms with E-state index in [0.717, 1.165) is 41.5 Å². The van der Waals surface area contributed by atoms with E-state index in [2.05, 4.69) is 37.0 Å². The fraction of sp³-hybridized carbons (Fsp3) is 0.286. The van der Waals surface area contributed by atoms with Crippen molar-refractivity contribution in [2.24, 2.45) is 5.10 Å². The van der Waals surface area contributed by atoms with Crippen molar-refractivity contribution in [2.75, 3.05) is 0 Å². The van der Waals surface area contributed by atoms with Crippen molar-refractivity contribution < 1.29 is 5.11 Å². The van der Waals surface area contributed by atoms with Crippen molar-refractivity contribution in [3.63, 3.8) is 0 Å². The van der Waals surface area contributed by atoms with E-state index in [1.54, 1.807) is 30.5 Å². The highest BCUT2D eigenvalue weighted by atomic mass is 79.9. The molecular formula is C21H19Br2N3O2. The Labute approximate surface area is 179 Å². The van der Waals surface area contributed by atoms with Crippen LogP contribution in [0.4, 0.5) is 0 Å². The largest absolute Gasteiger partial charge is 0.507 e. The smallest absolute Gasteiger partial charge is 0.282 e. The first kappa shape index (κ1) is 19.3. The molecule has 1 heterocycles. The summed E-state index contributed by atoms with van der Waals surface area (Å²) in [4.78, 5) is 18.0. The molecule has 1 N–H and O–H groups in total. The molecule has 0 aliphatic heterocycles. The van der Waals surface area contributed by atoms with Crippen molar-refractivity contribution >= 4 is 49.0 Å². The standard InChI is InChI=1S/C21H19Br2N3O2/c22-15-7-8-18-16(11-15)21(28)26(20(25-18)14-4-2-1-3-5-14)24-12-13-6-9-19(27)17(23)10-13/h6-12,14,27H,1-5H2. The molecule has 4 rings (SSSR count). The lowest BCUT2D eigenvalue weighted by molar-refractivity contribution is 0.416. The zero-order valence-electron chi connectivity index (χ0n) is 15.1. The zero-order chi connectivity index (χ0) is 19.7. The minimum Gasteiger partial charge on any atom is -0.507 e. The molecule has 0 atom stereocenters. The predicted molar refractivity (Wildman–Crippen MR) is 118 cm³/mol. The first-order valence-corrected chi connectivity index (χ1v) is 10.9. The molecule has 1 aromatic heterocycles. The van der Waals surface area contributed by atoms with Crippen LogP contribution in [0, 0.1) is 0 Å². The second-order valence-corrected chi connectivity index (χ2v) is 8.81. The van der Waals surface area contributed by atoms with E-state index in [9.17, 15) is 9.90 Å². The minimum atomic E-state index is -0.166. The summed E-state index contributed by atoms with van der Waals surface area (Å²) in [6.07, 6.45) is 7.19. The topological polar surface area (TPSA) is 67.5 Å². The summed E-state index contributed by atoms with van der Waals surface area (Å²) in [6, 6.07) is 10.7. The Balaban J connectivity index is 1.85. The Morgan fingerprint density at radius 3 is 2.64 bits per heavy atom. The number of phenols is 1. The van der Waals surface area contributed by atoms with Gasteiger partial charge in [0.25, 0.3) is 5.56 Å². The van der Waals surface area contributed by atoms with Crippen LogP contribution in [-0.2, 0) is 0 Å².